The number of nitrogens with zero attached hydrogens (tertiary/aromatic N) is 2. The van der Waals surface area contributed by atoms with Gasteiger partial charge in [0.2, 0.25) is 0 Å². The smallest absolute Gasteiger partial charge is 0.112 e. The first-order chi connectivity index (χ1) is 8.07. The first-order valence-electron chi connectivity index (χ1n) is 5.96. The number of hydrogen-bond acceptors (Lipinski definition) is 3. The normalized spacial score (nSPS) is 28.3. The number of aryl methyl sites for hydroxylation is 1. The minimum absolute atomic E-state index is 0.148. The summed E-state index contributed by atoms with van der Waals surface area (Å²) in [5.74, 6) is 0.931. The highest BCUT2D eigenvalue weighted by atomic mass is 16.3. The number of aromatic nitrogens is 2. The molecule has 4 heteroatoms. The average molecular weight is 231 g/mol. The van der Waals surface area contributed by atoms with Gasteiger partial charge < -0.3 is 15.4 Å². The monoisotopic (exact) mass is 231 g/mol. The second-order valence-electron chi connectivity index (χ2n) is 5.15. The number of imidazole rings is 1. The summed E-state index contributed by atoms with van der Waals surface area (Å²) in [6.07, 6.45) is 1.94. The van der Waals surface area contributed by atoms with Gasteiger partial charge in [0.05, 0.1) is 16.6 Å². The zero-order valence-corrected chi connectivity index (χ0v) is 9.93. The van der Waals surface area contributed by atoms with Crippen LogP contribution >= 0.6 is 0 Å². The Morgan fingerprint density at radius 3 is 2.82 bits per heavy atom. The molecular formula is C13H17N3O. The van der Waals surface area contributed by atoms with E-state index >= 15 is 0 Å². The maximum absolute atomic E-state index is 10.3. The second kappa shape index (κ2) is 3.55. The molecule has 1 aromatic heterocycles. The maximum Gasteiger partial charge on any atom is 0.112 e. The molecule has 1 aromatic carbocycles. The number of hydrogen-bond donors (Lipinski definition) is 2. The van der Waals surface area contributed by atoms with Gasteiger partial charge in [0.25, 0.3) is 0 Å². The lowest BCUT2D eigenvalue weighted by atomic mass is 9.74. The van der Waals surface area contributed by atoms with Crippen molar-refractivity contribution in [2.24, 2.45) is 12.8 Å². The molecule has 0 aliphatic heterocycles. The van der Waals surface area contributed by atoms with Gasteiger partial charge in [0.15, 0.2) is 0 Å². The lowest BCUT2D eigenvalue weighted by Gasteiger charge is -2.41. The van der Waals surface area contributed by atoms with Crippen LogP contribution in [0.2, 0.25) is 0 Å². The van der Waals surface area contributed by atoms with E-state index in [4.69, 9.17) is 5.73 Å². The maximum atomic E-state index is 10.3. The van der Waals surface area contributed by atoms with Crippen molar-refractivity contribution < 1.29 is 5.11 Å². The lowest BCUT2D eigenvalue weighted by Crippen LogP contribution is -2.53. The van der Waals surface area contributed by atoms with Crippen molar-refractivity contribution in [3.8, 4) is 0 Å². The Kier molecular flexibility index (Phi) is 2.24. The molecular weight excluding hydrogens is 214 g/mol. The summed E-state index contributed by atoms with van der Waals surface area (Å²) in [5, 5.41) is 10.3. The van der Waals surface area contributed by atoms with Crippen LogP contribution in [0.1, 0.15) is 18.7 Å². The van der Waals surface area contributed by atoms with Gasteiger partial charge in [-0.2, -0.15) is 0 Å². The SMILES string of the molecule is Cn1c(CC2(O)CC(N)C2)nc2ccccc21. The minimum Gasteiger partial charge on any atom is -0.389 e. The summed E-state index contributed by atoms with van der Waals surface area (Å²) in [4.78, 5) is 4.57. The van der Waals surface area contributed by atoms with E-state index in [1.54, 1.807) is 0 Å². The zero-order valence-electron chi connectivity index (χ0n) is 9.93. The van der Waals surface area contributed by atoms with Crippen LogP contribution < -0.4 is 5.73 Å². The van der Waals surface area contributed by atoms with E-state index < -0.39 is 5.60 Å². The first kappa shape index (κ1) is 10.7. The largest absolute Gasteiger partial charge is 0.389 e. The van der Waals surface area contributed by atoms with Crippen molar-refractivity contribution in [3.63, 3.8) is 0 Å². The van der Waals surface area contributed by atoms with Crippen molar-refractivity contribution in [1.82, 2.24) is 9.55 Å². The van der Waals surface area contributed by atoms with Gasteiger partial charge in [-0.15, -0.1) is 0 Å². The number of benzene rings is 1. The van der Waals surface area contributed by atoms with Crippen molar-refractivity contribution in [1.29, 1.82) is 0 Å². The molecule has 0 atom stereocenters. The van der Waals surface area contributed by atoms with E-state index in [9.17, 15) is 5.11 Å². The van der Waals surface area contributed by atoms with Gasteiger partial charge >= 0.3 is 0 Å². The highest BCUT2D eigenvalue weighted by Gasteiger charge is 2.41. The van der Waals surface area contributed by atoms with Crippen LogP contribution in [0.15, 0.2) is 24.3 Å². The molecule has 0 amide bonds. The third-order valence-corrected chi connectivity index (χ3v) is 3.65. The Bertz CT molecular complexity index is 555. The fourth-order valence-corrected chi connectivity index (χ4v) is 2.71. The van der Waals surface area contributed by atoms with E-state index in [2.05, 4.69) is 9.55 Å². The van der Waals surface area contributed by atoms with E-state index in [0.717, 1.165) is 16.9 Å². The molecule has 0 unspecified atom stereocenters. The third kappa shape index (κ3) is 1.73. The fourth-order valence-electron chi connectivity index (χ4n) is 2.71. The zero-order chi connectivity index (χ0) is 12.0. The predicted octanol–water partition coefficient (Wildman–Crippen LogP) is 0.968. The van der Waals surface area contributed by atoms with Crippen LogP contribution in [0.5, 0.6) is 0 Å². The summed E-state index contributed by atoms with van der Waals surface area (Å²) in [6.45, 7) is 0. The summed E-state index contributed by atoms with van der Waals surface area (Å²) in [5.41, 5.74) is 7.18. The standard InChI is InChI=1S/C13H17N3O/c1-16-11-5-3-2-4-10(11)15-12(16)8-13(17)6-9(14)7-13/h2-5,9,17H,6-8,14H2,1H3. The number of nitrogens with two attached hydrogens (primary N) is 1. The van der Waals surface area contributed by atoms with Gasteiger partial charge in [-0.3, -0.25) is 0 Å². The van der Waals surface area contributed by atoms with Crippen LogP contribution in [0.4, 0.5) is 0 Å². The Morgan fingerprint density at radius 1 is 1.47 bits per heavy atom. The van der Waals surface area contributed by atoms with Gasteiger partial charge in [0.1, 0.15) is 5.82 Å². The van der Waals surface area contributed by atoms with E-state index in [-0.39, 0.29) is 6.04 Å². The molecule has 1 fully saturated rings. The van der Waals surface area contributed by atoms with Crippen molar-refractivity contribution >= 4 is 11.0 Å². The van der Waals surface area contributed by atoms with Gasteiger partial charge in [-0.25, -0.2) is 4.98 Å². The van der Waals surface area contributed by atoms with E-state index in [1.165, 1.54) is 0 Å². The Balaban J connectivity index is 1.93. The number of fused-ring (bicyclic) bond motifs is 1. The molecule has 1 saturated carbocycles. The summed E-state index contributed by atoms with van der Waals surface area (Å²) >= 11 is 0. The molecule has 0 saturated heterocycles. The number of aliphatic hydroxyl groups is 1. The van der Waals surface area contributed by atoms with E-state index in [0.29, 0.717) is 19.3 Å². The molecule has 1 aliphatic carbocycles. The molecule has 0 spiro atoms. The Hall–Kier alpha value is -1.39. The summed E-state index contributed by atoms with van der Waals surface area (Å²) in [7, 11) is 1.99. The van der Waals surface area contributed by atoms with Gasteiger partial charge in [0, 0.05) is 19.5 Å². The fraction of sp³-hybridized carbons (Fsp3) is 0.462. The molecule has 0 bridgehead atoms. The van der Waals surface area contributed by atoms with Crippen LogP contribution in [0, 0.1) is 0 Å². The Morgan fingerprint density at radius 2 is 2.18 bits per heavy atom. The lowest BCUT2D eigenvalue weighted by molar-refractivity contribution is -0.0473. The van der Waals surface area contributed by atoms with E-state index in [1.807, 2.05) is 31.3 Å². The van der Waals surface area contributed by atoms with Crippen LogP contribution in [-0.2, 0) is 13.5 Å². The molecule has 90 valence electrons. The highest BCUT2D eigenvalue weighted by Crippen LogP contribution is 2.34. The minimum atomic E-state index is -0.644. The molecule has 2 aromatic rings. The second-order valence-corrected chi connectivity index (χ2v) is 5.15. The molecule has 1 heterocycles. The molecule has 3 rings (SSSR count). The first-order valence-corrected chi connectivity index (χ1v) is 5.96. The van der Waals surface area contributed by atoms with Crippen molar-refractivity contribution in [2.45, 2.75) is 30.9 Å². The van der Waals surface area contributed by atoms with Crippen LogP contribution in [0.25, 0.3) is 11.0 Å². The quantitative estimate of drug-likeness (QED) is 0.809. The van der Waals surface area contributed by atoms with Crippen molar-refractivity contribution in [2.75, 3.05) is 0 Å². The van der Waals surface area contributed by atoms with Crippen LogP contribution in [-0.4, -0.2) is 26.3 Å². The van der Waals surface area contributed by atoms with Crippen LogP contribution in [0.3, 0.4) is 0 Å². The molecule has 1 aliphatic rings. The number of rotatable bonds is 2. The molecule has 17 heavy (non-hydrogen) atoms. The highest BCUT2D eigenvalue weighted by molar-refractivity contribution is 5.75. The Labute approximate surface area is 100 Å². The molecule has 4 nitrogen and oxygen atoms in total. The topological polar surface area (TPSA) is 64.1 Å². The predicted molar refractivity (Wildman–Crippen MR) is 66.6 cm³/mol. The summed E-state index contributed by atoms with van der Waals surface area (Å²) in [6, 6.07) is 8.17. The molecule has 0 radical (unpaired) electrons. The average Bonchev–Trinajstić information content (AvgIpc) is 2.55. The number of para-hydroxylation sites is 2. The summed E-state index contributed by atoms with van der Waals surface area (Å²) < 4.78 is 2.05. The van der Waals surface area contributed by atoms with Crippen molar-refractivity contribution in [3.05, 3.63) is 30.1 Å². The van der Waals surface area contributed by atoms with Gasteiger partial charge in [-0.05, 0) is 25.0 Å². The third-order valence-electron chi connectivity index (χ3n) is 3.65. The van der Waals surface area contributed by atoms with Gasteiger partial charge in [-0.1, -0.05) is 12.1 Å². The molecule has 3 N–H and O–H groups in total.